The Kier molecular flexibility index (Phi) is 8.84. The summed E-state index contributed by atoms with van der Waals surface area (Å²) in [6, 6.07) is 24.3. The summed E-state index contributed by atoms with van der Waals surface area (Å²) >= 11 is 12.4. The van der Waals surface area contributed by atoms with Gasteiger partial charge in [0.25, 0.3) is 0 Å². The van der Waals surface area contributed by atoms with Crippen molar-refractivity contribution in [2.75, 3.05) is 0 Å². The molecule has 0 unspecified atom stereocenters. The standard InChI is InChI=1S/C29H30Cl2N2O2/c30-24-16-15-23(26(31)19-24)18-28(34)33(20-22-11-5-2-6-12-22)27(17-21-9-3-1-4-10-21)29(35)32-25-13-7-8-14-25/h1-6,9-12,15-16,19,25,27H,7-8,13-14,17-18,20H2,(H,32,35)/t27-/m1/s1. The summed E-state index contributed by atoms with van der Waals surface area (Å²) in [6.45, 7) is 0.334. The molecule has 3 aromatic rings. The second-order valence-electron chi connectivity index (χ2n) is 9.12. The molecule has 0 saturated heterocycles. The van der Waals surface area contributed by atoms with E-state index in [9.17, 15) is 9.59 Å². The lowest BCUT2D eigenvalue weighted by Gasteiger charge is -2.32. The highest BCUT2D eigenvalue weighted by atomic mass is 35.5. The molecule has 2 amide bonds. The second kappa shape index (κ2) is 12.2. The summed E-state index contributed by atoms with van der Waals surface area (Å²) in [5.41, 5.74) is 2.66. The Hall–Kier alpha value is -2.82. The predicted octanol–water partition coefficient (Wildman–Crippen LogP) is 6.23. The van der Waals surface area contributed by atoms with Crippen LogP contribution < -0.4 is 5.32 Å². The van der Waals surface area contributed by atoms with Crippen molar-refractivity contribution in [2.24, 2.45) is 0 Å². The van der Waals surface area contributed by atoms with Gasteiger partial charge < -0.3 is 10.2 Å². The van der Waals surface area contributed by atoms with E-state index in [1.807, 2.05) is 60.7 Å². The molecule has 1 fully saturated rings. The van der Waals surface area contributed by atoms with Crippen LogP contribution in [-0.2, 0) is 29.0 Å². The highest BCUT2D eigenvalue weighted by Gasteiger charge is 2.32. The molecule has 1 atom stereocenters. The lowest BCUT2D eigenvalue weighted by Crippen LogP contribution is -2.52. The number of carbonyl (C=O) groups excluding carboxylic acids is 2. The Balaban J connectivity index is 1.65. The molecule has 0 aromatic heterocycles. The number of nitrogens with one attached hydrogen (secondary N) is 1. The Labute approximate surface area is 217 Å². The van der Waals surface area contributed by atoms with Gasteiger partial charge in [0.15, 0.2) is 0 Å². The highest BCUT2D eigenvalue weighted by Crippen LogP contribution is 2.24. The number of halogens is 2. The fourth-order valence-electron chi connectivity index (χ4n) is 4.63. The summed E-state index contributed by atoms with van der Waals surface area (Å²) in [4.78, 5) is 29.1. The van der Waals surface area contributed by atoms with Crippen LogP contribution in [0.2, 0.25) is 10.0 Å². The van der Waals surface area contributed by atoms with E-state index in [0.29, 0.717) is 28.6 Å². The highest BCUT2D eigenvalue weighted by molar-refractivity contribution is 6.35. The fourth-order valence-corrected chi connectivity index (χ4v) is 5.11. The van der Waals surface area contributed by atoms with Gasteiger partial charge in [-0.25, -0.2) is 0 Å². The number of carbonyl (C=O) groups is 2. The van der Waals surface area contributed by atoms with Crippen LogP contribution in [0.3, 0.4) is 0 Å². The zero-order valence-corrected chi connectivity index (χ0v) is 21.1. The Morgan fingerprint density at radius 3 is 2.14 bits per heavy atom. The maximum Gasteiger partial charge on any atom is 0.243 e. The van der Waals surface area contributed by atoms with Gasteiger partial charge in [-0.15, -0.1) is 0 Å². The van der Waals surface area contributed by atoms with Gasteiger partial charge in [-0.2, -0.15) is 0 Å². The smallest absolute Gasteiger partial charge is 0.243 e. The van der Waals surface area contributed by atoms with E-state index >= 15 is 0 Å². The molecule has 182 valence electrons. The lowest BCUT2D eigenvalue weighted by atomic mass is 10.0. The van der Waals surface area contributed by atoms with Crippen molar-refractivity contribution in [3.63, 3.8) is 0 Å². The normalized spacial score (nSPS) is 14.5. The van der Waals surface area contributed by atoms with Gasteiger partial charge in [0.05, 0.1) is 6.42 Å². The van der Waals surface area contributed by atoms with Crippen LogP contribution in [0.5, 0.6) is 0 Å². The van der Waals surface area contributed by atoms with Crippen molar-refractivity contribution in [1.29, 1.82) is 0 Å². The third kappa shape index (κ3) is 7.09. The van der Waals surface area contributed by atoms with E-state index in [-0.39, 0.29) is 24.3 Å². The molecular weight excluding hydrogens is 479 g/mol. The monoisotopic (exact) mass is 508 g/mol. The Bertz CT molecular complexity index is 1130. The van der Waals surface area contributed by atoms with E-state index in [1.54, 1.807) is 23.1 Å². The molecule has 1 saturated carbocycles. The van der Waals surface area contributed by atoms with E-state index in [2.05, 4.69) is 5.32 Å². The minimum atomic E-state index is -0.642. The van der Waals surface area contributed by atoms with Crippen molar-refractivity contribution in [3.05, 3.63) is 106 Å². The van der Waals surface area contributed by atoms with Crippen LogP contribution in [0.4, 0.5) is 0 Å². The maximum absolute atomic E-state index is 13.8. The van der Waals surface area contributed by atoms with Crippen molar-refractivity contribution >= 4 is 35.0 Å². The quantitative estimate of drug-likeness (QED) is 0.372. The first kappa shape index (κ1) is 25.3. The summed E-state index contributed by atoms with van der Waals surface area (Å²) in [5, 5.41) is 4.19. The molecule has 0 radical (unpaired) electrons. The zero-order valence-electron chi connectivity index (χ0n) is 19.6. The van der Waals surface area contributed by atoms with E-state index in [1.165, 1.54) is 0 Å². The third-order valence-electron chi connectivity index (χ3n) is 6.53. The molecule has 1 aliphatic carbocycles. The number of benzene rings is 3. The van der Waals surface area contributed by atoms with Gasteiger partial charge in [0, 0.05) is 29.1 Å². The molecule has 4 nitrogen and oxygen atoms in total. The molecule has 1 N–H and O–H groups in total. The number of rotatable bonds is 9. The molecule has 6 heteroatoms. The second-order valence-corrected chi connectivity index (χ2v) is 9.96. The summed E-state index contributed by atoms with van der Waals surface area (Å²) in [7, 11) is 0. The molecule has 0 heterocycles. The van der Waals surface area contributed by atoms with Crippen molar-refractivity contribution in [1.82, 2.24) is 10.2 Å². The molecule has 0 aliphatic heterocycles. The Morgan fingerprint density at radius 2 is 1.51 bits per heavy atom. The summed E-state index contributed by atoms with van der Waals surface area (Å²) in [5.74, 6) is -0.257. The van der Waals surface area contributed by atoms with Gasteiger partial charge >= 0.3 is 0 Å². The van der Waals surface area contributed by atoms with Gasteiger partial charge in [0.2, 0.25) is 11.8 Å². The molecule has 4 rings (SSSR count). The predicted molar refractivity (Wildman–Crippen MR) is 141 cm³/mol. The van der Waals surface area contributed by atoms with Gasteiger partial charge in [-0.3, -0.25) is 9.59 Å². The van der Waals surface area contributed by atoms with Crippen LogP contribution in [0.25, 0.3) is 0 Å². The molecule has 0 spiro atoms. The SMILES string of the molecule is O=C(NC1CCCC1)[C@@H](Cc1ccccc1)N(Cc1ccccc1)C(=O)Cc1ccc(Cl)cc1Cl. The average molecular weight is 509 g/mol. The summed E-state index contributed by atoms with van der Waals surface area (Å²) in [6.07, 6.45) is 4.73. The minimum absolute atomic E-state index is 0.0881. The number of hydrogen-bond acceptors (Lipinski definition) is 2. The largest absolute Gasteiger partial charge is 0.352 e. The fraction of sp³-hybridized carbons (Fsp3) is 0.310. The minimum Gasteiger partial charge on any atom is -0.352 e. The molecule has 35 heavy (non-hydrogen) atoms. The van der Waals surface area contributed by atoms with E-state index < -0.39 is 6.04 Å². The van der Waals surface area contributed by atoms with Crippen LogP contribution in [0.1, 0.15) is 42.4 Å². The first-order valence-corrected chi connectivity index (χ1v) is 12.9. The Morgan fingerprint density at radius 1 is 0.886 bits per heavy atom. The topological polar surface area (TPSA) is 49.4 Å². The number of amides is 2. The van der Waals surface area contributed by atoms with Crippen molar-refractivity contribution in [2.45, 2.75) is 57.2 Å². The zero-order chi connectivity index (χ0) is 24.6. The van der Waals surface area contributed by atoms with Gasteiger partial charge in [0.1, 0.15) is 6.04 Å². The van der Waals surface area contributed by atoms with Crippen LogP contribution in [-0.4, -0.2) is 28.8 Å². The van der Waals surface area contributed by atoms with Crippen LogP contribution >= 0.6 is 23.2 Å². The van der Waals surface area contributed by atoms with Gasteiger partial charge in [-0.05, 0) is 41.7 Å². The molecular formula is C29H30Cl2N2O2. The number of hydrogen-bond donors (Lipinski definition) is 1. The number of nitrogens with zero attached hydrogens (tertiary/aromatic N) is 1. The lowest BCUT2D eigenvalue weighted by molar-refractivity contribution is -0.141. The molecule has 1 aliphatic rings. The molecule has 0 bridgehead atoms. The first-order valence-electron chi connectivity index (χ1n) is 12.1. The average Bonchev–Trinajstić information content (AvgIpc) is 3.37. The van der Waals surface area contributed by atoms with Crippen molar-refractivity contribution in [3.8, 4) is 0 Å². The molecule has 3 aromatic carbocycles. The van der Waals surface area contributed by atoms with E-state index in [4.69, 9.17) is 23.2 Å². The first-order chi connectivity index (χ1) is 17.0. The van der Waals surface area contributed by atoms with Crippen LogP contribution in [0.15, 0.2) is 78.9 Å². The summed E-state index contributed by atoms with van der Waals surface area (Å²) < 4.78 is 0. The van der Waals surface area contributed by atoms with Gasteiger partial charge in [-0.1, -0.05) is 103 Å². The maximum atomic E-state index is 13.8. The van der Waals surface area contributed by atoms with Crippen LogP contribution in [0, 0.1) is 0 Å². The van der Waals surface area contributed by atoms with Crippen molar-refractivity contribution < 1.29 is 9.59 Å². The third-order valence-corrected chi connectivity index (χ3v) is 7.11. The van der Waals surface area contributed by atoms with E-state index in [0.717, 1.165) is 36.8 Å².